The molecule has 3 rings (SSSR count). The van der Waals surface area contributed by atoms with Crippen LogP contribution in [-0.2, 0) is 13.6 Å². The Morgan fingerprint density at radius 2 is 1.96 bits per heavy atom. The fourth-order valence-electron chi connectivity index (χ4n) is 3.47. The smallest absolute Gasteiger partial charge is 0.130 e. The highest BCUT2D eigenvalue weighted by atomic mass is 16.5. The Labute approximate surface area is 144 Å². The van der Waals surface area contributed by atoms with E-state index in [1.807, 2.05) is 23.9 Å². The van der Waals surface area contributed by atoms with Crippen molar-refractivity contribution in [2.45, 2.75) is 32.4 Å². The Morgan fingerprint density at radius 3 is 2.50 bits per heavy atom. The fourth-order valence-corrected chi connectivity index (χ4v) is 3.47. The number of nitrogens with zero attached hydrogens (tertiary/aromatic N) is 3. The number of hydrogen-bond donors (Lipinski definition) is 1. The maximum Gasteiger partial charge on any atom is 0.130 e. The monoisotopic (exact) mass is 328 g/mol. The third-order valence-corrected chi connectivity index (χ3v) is 4.80. The van der Waals surface area contributed by atoms with Crippen molar-refractivity contribution in [1.29, 1.82) is 0 Å². The predicted octanol–water partition coefficient (Wildman–Crippen LogP) is 3.04. The fraction of sp³-hybridized carbons (Fsp3) is 0.526. The summed E-state index contributed by atoms with van der Waals surface area (Å²) in [4.78, 5) is 2.14. The number of nitrogens with one attached hydrogen (secondary N) is 1. The summed E-state index contributed by atoms with van der Waals surface area (Å²) in [6, 6.07) is 8.85. The quantitative estimate of drug-likeness (QED) is 0.848. The average molecular weight is 328 g/mol. The van der Waals surface area contributed by atoms with E-state index in [1.165, 1.54) is 29.8 Å². The van der Waals surface area contributed by atoms with Crippen molar-refractivity contribution >= 4 is 5.82 Å². The Morgan fingerprint density at radius 1 is 1.29 bits per heavy atom. The molecule has 0 aliphatic heterocycles. The maximum atomic E-state index is 5.28. The van der Waals surface area contributed by atoms with Crippen LogP contribution in [0.2, 0.25) is 0 Å². The molecule has 0 amide bonds. The summed E-state index contributed by atoms with van der Waals surface area (Å²) in [7, 11) is 7.86. The van der Waals surface area contributed by atoms with Gasteiger partial charge in [0.1, 0.15) is 11.6 Å². The number of benzene rings is 1. The van der Waals surface area contributed by atoms with Crippen molar-refractivity contribution in [2.24, 2.45) is 13.0 Å². The van der Waals surface area contributed by atoms with E-state index in [0.717, 1.165) is 23.9 Å². The molecule has 1 aromatic carbocycles. The minimum atomic E-state index is 0.394. The lowest BCUT2D eigenvalue weighted by Crippen LogP contribution is -2.24. The van der Waals surface area contributed by atoms with Gasteiger partial charge in [-0.1, -0.05) is 12.1 Å². The summed E-state index contributed by atoms with van der Waals surface area (Å²) in [5, 5.41) is 8.36. The predicted molar refractivity (Wildman–Crippen MR) is 97.6 cm³/mol. The molecule has 1 heterocycles. The zero-order chi connectivity index (χ0) is 17.3. The second-order valence-electron chi connectivity index (χ2n) is 6.87. The van der Waals surface area contributed by atoms with Crippen LogP contribution < -0.4 is 15.0 Å². The minimum absolute atomic E-state index is 0.394. The van der Waals surface area contributed by atoms with Crippen LogP contribution in [0.25, 0.3) is 0 Å². The molecule has 0 bridgehead atoms. The van der Waals surface area contributed by atoms with Gasteiger partial charge in [-0.05, 0) is 43.4 Å². The molecule has 24 heavy (non-hydrogen) atoms. The zero-order valence-corrected chi connectivity index (χ0v) is 15.3. The average Bonchev–Trinajstić information content (AvgIpc) is 3.34. The number of hydrogen-bond acceptors (Lipinski definition) is 4. The van der Waals surface area contributed by atoms with Crippen molar-refractivity contribution in [3.8, 4) is 5.75 Å². The standard InChI is InChI=1S/C19H28N4O/c1-13-17(19(22(2)3)23(4)21-13)12-20-18(14-6-7-14)15-8-10-16(24-5)11-9-15/h8-11,14,18,20H,6-7,12H2,1-5H3. The van der Waals surface area contributed by atoms with Gasteiger partial charge in [-0.3, -0.25) is 4.68 Å². The molecule has 1 aliphatic rings. The summed E-state index contributed by atoms with van der Waals surface area (Å²) < 4.78 is 7.24. The second-order valence-corrected chi connectivity index (χ2v) is 6.87. The lowest BCUT2D eigenvalue weighted by atomic mass is 10.0. The summed E-state index contributed by atoms with van der Waals surface area (Å²) >= 11 is 0. The van der Waals surface area contributed by atoms with Gasteiger partial charge in [-0.2, -0.15) is 5.10 Å². The third-order valence-electron chi connectivity index (χ3n) is 4.80. The highest BCUT2D eigenvalue weighted by Crippen LogP contribution is 2.41. The van der Waals surface area contributed by atoms with E-state index >= 15 is 0 Å². The van der Waals surface area contributed by atoms with Crippen LogP contribution in [0.4, 0.5) is 5.82 Å². The first-order valence-corrected chi connectivity index (χ1v) is 8.58. The molecule has 5 nitrogen and oxygen atoms in total. The molecule has 2 aromatic rings. The molecule has 5 heteroatoms. The lowest BCUT2D eigenvalue weighted by Gasteiger charge is -2.21. The van der Waals surface area contributed by atoms with Gasteiger partial charge in [-0.25, -0.2) is 0 Å². The first-order chi connectivity index (χ1) is 11.5. The third kappa shape index (κ3) is 3.41. The van der Waals surface area contributed by atoms with Gasteiger partial charge >= 0.3 is 0 Å². The number of rotatable bonds is 7. The van der Waals surface area contributed by atoms with Crippen LogP contribution >= 0.6 is 0 Å². The Kier molecular flexibility index (Phi) is 4.81. The topological polar surface area (TPSA) is 42.3 Å². The van der Waals surface area contributed by atoms with Crippen LogP contribution in [0, 0.1) is 12.8 Å². The Hall–Kier alpha value is -2.01. The summed E-state index contributed by atoms with van der Waals surface area (Å²) in [6.07, 6.45) is 2.60. The van der Waals surface area contributed by atoms with Gasteiger partial charge in [0.15, 0.2) is 0 Å². The molecule has 130 valence electrons. The number of aryl methyl sites for hydroxylation is 2. The largest absolute Gasteiger partial charge is 0.497 e. The molecule has 1 atom stereocenters. The van der Waals surface area contributed by atoms with E-state index in [9.17, 15) is 0 Å². The van der Waals surface area contributed by atoms with Crippen LogP contribution in [0.15, 0.2) is 24.3 Å². The zero-order valence-electron chi connectivity index (χ0n) is 15.3. The van der Waals surface area contributed by atoms with Crippen LogP contribution in [0.5, 0.6) is 5.75 Å². The number of aromatic nitrogens is 2. The molecule has 1 aliphatic carbocycles. The number of anilines is 1. The van der Waals surface area contributed by atoms with E-state index in [2.05, 4.69) is 48.5 Å². The maximum absolute atomic E-state index is 5.28. The van der Waals surface area contributed by atoms with Crippen LogP contribution in [-0.4, -0.2) is 31.0 Å². The molecule has 1 saturated carbocycles. The second kappa shape index (κ2) is 6.85. The van der Waals surface area contributed by atoms with E-state index in [4.69, 9.17) is 4.74 Å². The van der Waals surface area contributed by atoms with Crippen molar-refractivity contribution in [3.05, 3.63) is 41.1 Å². The summed E-state index contributed by atoms with van der Waals surface area (Å²) in [5.41, 5.74) is 3.71. The lowest BCUT2D eigenvalue weighted by molar-refractivity contribution is 0.413. The highest BCUT2D eigenvalue weighted by Gasteiger charge is 2.32. The summed E-state index contributed by atoms with van der Waals surface area (Å²) in [5.74, 6) is 2.81. The van der Waals surface area contributed by atoms with Crippen LogP contribution in [0.1, 0.15) is 35.7 Å². The molecular formula is C19H28N4O. The SMILES string of the molecule is COc1ccc(C(NCc2c(C)nn(C)c2N(C)C)C2CC2)cc1. The molecule has 1 N–H and O–H groups in total. The molecular weight excluding hydrogens is 300 g/mol. The van der Waals surface area contributed by atoms with Gasteiger partial charge in [0, 0.05) is 39.3 Å². The first kappa shape index (κ1) is 16.8. The van der Waals surface area contributed by atoms with Crippen molar-refractivity contribution in [3.63, 3.8) is 0 Å². The Balaban J connectivity index is 1.78. The van der Waals surface area contributed by atoms with Gasteiger partial charge in [0.05, 0.1) is 12.8 Å². The summed E-state index contributed by atoms with van der Waals surface area (Å²) in [6.45, 7) is 2.92. The molecule has 0 saturated heterocycles. The number of ether oxygens (including phenoxy) is 1. The van der Waals surface area contributed by atoms with Gasteiger partial charge < -0.3 is 15.0 Å². The molecule has 0 radical (unpaired) electrons. The van der Waals surface area contributed by atoms with Crippen molar-refractivity contribution in [1.82, 2.24) is 15.1 Å². The van der Waals surface area contributed by atoms with E-state index < -0.39 is 0 Å². The molecule has 0 spiro atoms. The number of methoxy groups -OCH3 is 1. The van der Waals surface area contributed by atoms with Crippen molar-refractivity contribution in [2.75, 3.05) is 26.1 Å². The molecule has 1 aromatic heterocycles. The van der Waals surface area contributed by atoms with E-state index in [-0.39, 0.29) is 0 Å². The molecule has 1 unspecified atom stereocenters. The first-order valence-electron chi connectivity index (χ1n) is 8.58. The minimum Gasteiger partial charge on any atom is -0.497 e. The highest BCUT2D eigenvalue weighted by molar-refractivity contribution is 5.49. The molecule has 1 fully saturated rings. The van der Waals surface area contributed by atoms with Crippen LogP contribution in [0.3, 0.4) is 0 Å². The van der Waals surface area contributed by atoms with E-state index in [0.29, 0.717) is 6.04 Å². The normalized spacial score (nSPS) is 15.4. The van der Waals surface area contributed by atoms with Gasteiger partial charge in [-0.15, -0.1) is 0 Å². The van der Waals surface area contributed by atoms with Crippen molar-refractivity contribution < 1.29 is 4.74 Å². The van der Waals surface area contributed by atoms with Gasteiger partial charge in [0.2, 0.25) is 0 Å². The van der Waals surface area contributed by atoms with Gasteiger partial charge in [0.25, 0.3) is 0 Å². The van der Waals surface area contributed by atoms with E-state index in [1.54, 1.807) is 7.11 Å². The Bertz CT molecular complexity index is 686.